The highest BCUT2D eigenvalue weighted by atomic mass is 35.5. The Morgan fingerprint density at radius 1 is 1.05 bits per heavy atom. The van der Waals surface area contributed by atoms with Gasteiger partial charge in [-0.3, -0.25) is 0 Å². The summed E-state index contributed by atoms with van der Waals surface area (Å²) in [5, 5.41) is 0.799. The summed E-state index contributed by atoms with van der Waals surface area (Å²) in [6, 6.07) is 17.1. The van der Waals surface area contributed by atoms with Crippen LogP contribution in [-0.2, 0) is 23.2 Å². The normalized spacial score (nSPS) is 25.0. The first kappa shape index (κ1) is 14.3. The Labute approximate surface area is 137 Å². The van der Waals surface area contributed by atoms with Crippen molar-refractivity contribution in [2.45, 2.75) is 38.2 Å². The van der Waals surface area contributed by atoms with Crippen molar-refractivity contribution >= 4 is 11.6 Å². The topological polar surface area (TPSA) is 12.5 Å². The maximum Gasteiger partial charge on any atom is 0.117 e. The van der Waals surface area contributed by atoms with Gasteiger partial charge in [-0.2, -0.15) is 0 Å². The molecule has 1 aliphatic heterocycles. The summed E-state index contributed by atoms with van der Waals surface area (Å²) in [6.07, 6.45) is 4.62. The van der Waals surface area contributed by atoms with Crippen LogP contribution in [-0.4, -0.2) is 6.61 Å². The second-order valence-electron chi connectivity index (χ2n) is 6.95. The molecule has 4 rings (SSSR count). The molecule has 0 radical (unpaired) electrons. The first-order valence-corrected chi connectivity index (χ1v) is 8.49. The van der Waals surface area contributed by atoms with Crippen molar-refractivity contribution in [1.82, 2.24) is 0 Å². The van der Waals surface area contributed by atoms with Gasteiger partial charge in [-0.1, -0.05) is 54.9 Å². The van der Waals surface area contributed by atoms with E-state index in [2.05, 4.69) is 43.3 Å². The van der Waals surface area contributed by atoms with Gasteiger partial charge in [0.05, 0.1) is 6.61 Å². The minimum Gasteiger partial charge on any atom is -0.364 e. The van der Waals surface area contributed by atoms with Crippen LogP contribution < -0.4 is 0 Å². The van der Waals surface area contributed by atoms with Crippen molar-refractivity contribution in [1.29, 1.82) is 0 Å². The minimum absolute atomic E-state index is 0.108. The molecule has 0 aromatic heterocycles. The molecule has 1 heterocycles. The fourth-order valence-corrected chi connectivity index (χ4v) is 4.30. The van der Waals surface area contributed by atoms with E-state index < -0.39 is 0 Å². The second kappa shape index (κ2) is 5.11. The zero-order valence-corrected chi connectivity index (χ0v) is 13.7. The highest BCUT2D eigenvalue weighted by Crippen LogP contribution is 2.53. The number of benzene rings is 2. The van der Waals surface area contributed by atoms with E-state index in [4.69, 9.17) is 16.3 Å². The van der Waals surface area contributed by atoms with Crippen LogP contribution in [0.1, 0.15) is 36.5 Å². The Hall–Kier alpha value is -1.31. The molecule has 0 spiro atoms. The summed E-state index contributed by atoms with van der Waals surface area (Å²) in [5.41, 5.74) is 4.49. The van der Waals surface area contributed by atoms with Crippen LogP contribution in [0, 0.1) is 5.41 Å². The van der Waals surface area contributed by atoms with Gasteiger partial charge >= 0.3 is 0 Å². The number of hydrogen-bond acceptors (Lipinski definition) is 1. The molecule has 1 atom stereocenters. The van der Waals surface area contributed by atoms with Gasteiger partial charge < -0.3 is 4.74 Å². The molecule has 1 unspecified atom stereocenters. The van der Waals surface area contributed by atoms with Gasteiger partial charge in [-0.05, 0) is 59.9 Å². The first-order valence-electron chi connectivity index (χ1n) is 8.12. The van der Waals surface area contributed by atoms with Gasteiger partial charge in [-0.25, -0.2) is 0 Å². The van der Waals surface area contributed by atoms with E-state index in [1.165, 1.54) is 36.0 Å². The van der Waals surface area contributed by atoms with Crippen LogP contribution in [0.3, 0.4) is 0 Å². The SMILES string of the molecule is CCC1(CC2(c3cccc(Cl)c3)CO2)Cc2ccccc2C1. The summed E-state index contributed by atoms with van der Waals surface area (Å²) in [4.78, 5) is 0. The third kappa shape index (κ3) is 2.37. The lowest BCUT2D eigenvalue weighted by molar-refractivity contribution is 0.170. The molecule has 2 heteroatoms. The molecule has 1 aliphatic carbocycles. The Morgan fingerprint density at radius 3 is 2.27 bits per heavy atom. The number of fused-ring (bicyclic) bond motifs is 1. The van der Waals surface area contributed by atoms with Gasteiger partial charge in [0.15, 0.2) is 0 Å². The average Bonchev–Trinajstić information content (AvgIpc) is 3.20. The van der Waals surface area contributed by atoms with Gasteiger partial charge in [-0.15, -0.1) is 0 Å². The largest absolute Gasteiger partial charge is 0.364 e. The van der Waals surface area contributed by atoms with Crippen molar-refractivity contribution < 1.29 is 4.74 Å². The first-order chi connectivity index (χ1) is 10.6. The summed E-state index contributed by atoms with van der Waals surface area (Å²) in [7, 11) is 0. The molecule has 114 valence electrons. The fourth-order valence-electron chi connectivity index (χ4n) is 4.11. The van der Waals surface area contributed by atoms with Gasteiger partial charge in [0.1, 0.15) is 5.60 Å². The Kier molecular flexibility index (Phi) is 3.32. The maximum atomic E-state index is 6.18. The number of ether oxygens (including phenoxy) is 1. The van der Waals surface area contributed by atoms with Crippen LogP contribution in [0.5, 0.6) is 0 Å². The predicted octanol–water partition coefficient (Wildman–Crippen LogP) is 5.15. The summed E-state index contributed by atoms with van der Waals surface area (Å²) < 4.78 is 5.97. The number of hydrogen-bond donors (Lipinski definition) is 0. The zero-order chi connectivity index (χ0) is 15.2. The molecule has 22 heavy (non-hydrogen) atoms. The number of epoxide rings is 1. The van der Waals surface area contributed by atoms with Crippen LogP contribution in [0.4, 0.5) is 0 Å². The van der Waals surface area contributed by atoms with E-state index in [9.17, 15) is 0 Å². The molecule has 2 aromatic rings. The molecule has 1 saturated heterocycles. The molecular formula is C20H21ClO. The van der Waals surface area contributed by atoms with E-state index in [-0.39, 0.29) is 5.60 Å². The van der Waals surface area contributed by atoms with Crippen molar-refractivity contribution in [3.8, 4) is 0 Å². The molecule has 0 amide bonds. The quantitative estimate of drug-likeness (QED) is 0.711. The van der Waals surface area contributed by atoms with E-state index in [0.29, 0.717) is 5.41 Å². The Bertz CT molecular complexity index is 677. The smallest absolute Gasteiger partial charge is 0.117 e. The van der Waals surface area contributed by atoms with Crippen molar-refractivity contribution in [3.63, 3.8) is 0 Å². The van der Waals surface area contributed by atoms with E-state index >= 15 is 0 Å². The average molecular weight is 313 g/mol. The third-order valence-corrected chi connectivity index (χ3v) is 5.74. The van der Waals surface area contributed by atoms with Crippen LogP contribution >= 0.6 is 11.6 Å². The highest BCUT2D eigenvalue weighted by Gasteiger charge is 2.52. The van der Waals surface area contributed by atoms with E-state index in [1.807, 2.05) is 12.1 Å². The van der Waals surface area contributed by atoms with Crippen molar-refractivity contribution in [2.75, 3.05) is 6.61 Å². The predicted molar refractivity (Wildman–Crippen MR) is 90.3 cm³/mol. The second-order valence-corrected chi connectivity index (χ2v) is 7.38. The summed E-state index contributed by atoms with van der Waals surface area (Å²) >= 11 is 6.18. The van der Waals surface area contributed by atoms with Crippen molar-refractivity contribution in [3.05, 3.63) is 70.2 Å². The Morgan fingerprint density at radius 2 is 1.73 bits per heavy atom. The molecular weight excluding hydrogens is 292 g/mol. The van der Waals surface area contributed by atoms with Crippen LogP contribution in [0.2, 0.25) is 5.02 Å². The van der Waals surface area contributed by atoms with E-state index in [1.54, 1.807) is 0 Å². The van der Waals surface area contributed by atoms with Crippen molar-refractivity contribution in [2.24, 2.45) is 5.41 Å². The minimum atomic E-state index is -0.108. The highest BCUT2D eigenvalue weighted by molar-refractivity contribution is 6.30. The number of rotatable bonds is 4. The Balaban J connectivity index is 1.63. The maximum absolute atomic E-state index is 6.18. The van der Waals surface area contributed by atoms with Crippen LogP contribution in [0.25, 0.3) is 0 Å². The monoisotopic (exact) mass is 312 g/mol. The van der Waals surface area contributed by atoms with E-state index in [0.717, 1.165) is 18.1 Å². The summed E-state index contributed by atoms with van der Waals surface area (Å²) in [5.74, 6) is 0. The van der Waals surface area contributed by atoms with Gasteiger partial charge in [0.25, 0.3) is 0 Å². The summed E-state index contributed by atoms with van der Waals surface area (Å²) in [6.45, 7) is 3.14. The fraction of sp³-hybridized carbons (Fsp3) is 0.400. The molecule has 2 aliphatic rings. The molecule has 0 N–H and O–H groups in total. The lowest BCUT2D eigenvalue weighted by Crippen LogP contribution is -2.28. The van der Waals surface area contributed by atoms with Gasteiger partial charge in [0, 0.05) is 5.02 Å². The lowest BCUT2D eigenvalue weighted by Gasteiger charge is -2.31. The third-order valence-electron chi connectivity index (χ3n) is 5.50. The standard InChI is InChI=1S/C20H21ClO/c1-2-19(11-15-6-3-4-7-16(15)12-19)13-20(14-22-20)17-8-5-9-18(21)10-17/h3-10H,2,11-14H2,1H3. The number of halogens is 1. The molecule has 1 fully saturated rings. The lowest BCUT2D eigenvalue weighted by atomic mass is 9.73. The molecule has 0 saturated carbocycles. The van der Waals surface area contributed by atoms with Crippen LogP contribution in [0.15, 0.2) is 48.5 Å². The zero-order valence-electron chi connectivity index (χ0n) is 12.9. The molecule has 1 nitrogen and oxygen atoms in total. The van der Waals surface area contributed by atoms with Gasteiger partial charge in [0.2, 0.25) is 0 Å². The molecule has 0 bridgehead atoms. The molecule has 2 aromatic carbocycles.